The van der Waals surface area contributed by atoms with Crippen molar-refractivity contribution in [2.75, 3.05) is 0 Å². The smallest absolute Gasteiger partial charge is 0.0767 e. The van der Waals surface area contributed by atoms with E-state index in [4.69, 9.17) is 4.99 Å². The van der Waals surface area contributed by atoms with Gasteiger partial charge in [0, 0.05) is 17.0 Å². The molecule has 0 spiro atoms. The minimum Gasteiger partial charge on any atom is -0.358 e. The molecule has 3 rings (SSSR count). The fraction of sp³-hybridized carbons (Fsp3) is 0.483. The first kappa shape index (κ1) is 26.7. The van der Waals surface area contributed by atoms with Crippen molar-refractivity contribution >= 4 is 11.3 Å². The van der Waals surface area contributed by atoms with Crippen LogP contribution >= 0.6 is 0 Å². The lowest BCUT2D eigenvalue weighted by Gasteiger charge is -2.14. The van der Waals surface area contributed by atoms with Gasteiger partial charge in [-0.2, -0.15) is 0 Å². The van der Waals surface area contributed by atoms with E-state index < -0.39 is 0 Å². The second-order valence-corrected chi connectivity index (χ2v) is 7.24. The van der Waals surface area contributed by atoms with Crippen molar-refractivity contribution in [2.45, 2.75) is 94.9 Å². The normalized spacial score (nSPS) is 14.5. The van der Waals surface area contributed by atoms with Crippen LogP contribution in [-0.4, -0.2) is 10.7 Å². The molecule has 170 valence electrons. The molecule has 1 aliphatic heterocycles. The van der Waals surface area contributed by atoms with Crippen LogP contribution < -0.4 is 0 Å². The van der Waals surface area contributed by atoms with Gasteiger partial charge in [-0.3, -0.25) is 4.99 Å². The van der Waals surface area contributed by atoms with E-state index in [2.05, 4.69) is 76.9 Å². The number of aryl methyl sites for hydroxylation is 1. The average Bonchev–Trinajstić information content (AvgIpc) is 3.32. The number of hydrogen-bond donors (Lipinski definition) is 1. The molecule has 31 heavy (non-hydrogen) atoms. The Balaban J connectivity index is 0.00000113. The van der Waals surface area contributed by atoms with Crippen LogP contribution in [0.25, 0.3) is 5.57 Å². The number of nitrogens with zero attached hydrogens (tertiary/aromatic N) is 1. The Morgan fingerprint density at radius 2 is 1.29 bits per heavy atom. The largest absolute Gasteiger partial charge is 0.358 e. The lowest BCUT2D eigenvalue weighted by Crippen LogP contribution is -1.99. The maximum atomic E-state index is 5.09. The highest BCUT2D eigenvalue weighted by Gasteiger charge is 2.26. The minimum atomic E-state index is 1.01. The van der Waals surface area contributed by atoms with Crippen molar-refractivity contribution in [3.05, 3.63) is 75.3 Å². The second kappa shape index (κ2) is 13.1. The van der Waals surface area contributed by atoms with Gasteiger partial charge in [-0.1, -0.05) is 85.7 Å². The number of nitrogens with one attached hydrogen (secondary N) is 1. The number of aromatic amines is 1. The van der Waals surface area contributed by atoms with E-state index in [9.17, 15) is 0 Å². The van der Waals surface area contributed by atoms with Gasteiger partial charge in [-0.05, 0) is 67.4 Å². The first-order chi connectivity index (χ1) is 15.1. The van der Waals surface area contributed by atoms with Gasteiger partial charge < -0.3 is 4.98 Å². The molecular weight excluding hydrogens is 376 g/mol. The maximum absolute atomic E-state index is 5.09. The van der Waals surface area contributed by atoms with Crippen molar-refractivity contribution in [3.8, 4) is 0 Å². The predicted molar refractivity (Wildman–Crippen MR) is 140 cm³/mol. The van der Waals surface area contributed by atoms with Gasteiger partial charge in [0.2, 0.25) is 0 Å². The Bertz CT molecular complexity index is 921. The van der Waals surface area contributed by atoms with Crippen LogP contribution in [0.15, 0.2) is 52.2 Å². The van der Waals surface area contributed by atoms with Gasteiger partial charge in [0.25, 0.3) is 0 Å². The van der Waals surface area contributed by atoms with Crippen LogP contribution in [0.1, 0.15) is 103 Å². The molecule has 1 aromatic heterocycles. The molecule has 0 radical (unpaired) electrons. The summed E-state index contributed by atoms with van der Waals surface area (Å²) in [6.07, 6.45) is 4.13. The third-order valence-electron chi connectivity index (χ3n) is 5.76. The molecule has 1 aromatic carbocycles. The summed E-state index contributed by atoms with van der Waals surface area (Å²) in [6.45, 7) is 21.4. The van der Waals surface area contributed by atoms with Gasteiger partial charge in [-0.15, -0.1) is 0 Å². The number of benzene rings is 1. The Morgan fingerprint density at radius 1 is 0.742 bits per heavy atom. The number of allylic oxidation sites excluding steroid dienone is 2. The highest BCUT2D eigenvalue weighted by atomic mass is 14.8. The monoisotopic (exact) mass is 420 g/mol. The van der Waals surface area contributed by atoms with E-state index >= 15 is 0 Å². The molecule has 2 nitrogen and oxygen atoms in total. The van der Waals surface area contributed by atoms with Crippen LogP contribution in [0.4, 0.5) is 0 Å². The van der Waals surface area contributed by atoms with Crippen LogP contribution in [0.5, 0.6) is 0 Å². The molecule has 0 unspecified atom stereocenters. The summed E-state index contributed by atoms with van der Waals surface area (Å²) < 4.78 is 0. The average molecular weight is 421 g/mol. The quantitative estimate of drug-likeness (QED) is 0.483. The van der Waals surface area contributed by atoms with Crippen molar-refractivity contribution in [2.24, 2.45) is 4.99 Å². The summed E-state index contributed by atoms with van der Waals surface area (Å²) >= 11 is 0. The number of hydrogen-bond acceptors (Lipinski definition) is 1. The van der Waals surface area contributed by atoms with Crippen molar-refractivity contribution < 1.29 is 0 Å². The van der Waals surface area contributed by atoms with Gasteiger partial charge >= 0.3 is 0 Å². The third-order valence-corrected chi connectivity index (χ3v) is 5.76. The standard InChI is InChI=1S/C25H32N2.2C2H6/c1-7-19-16(5)26-24(21(19)9-3)23(18-14-12-11-13-15-18)25-22(10-4)20(8-2)17(6)27-25;2*1-2/h11-15,26H,7-10H2,1-6H3;2*1-2H3/b25-23-;;. The third kappa shape index (κ3) is 5.47. The zero-order valence-electron chi connectivity index (χ0n) is 21.7. The molecule has 0 fully saturated rings. The molecule has 0 aliphatic carbocycles. The summed E-state index contributed by atoms with van der Waals surface area (Å²) in [4.78, 5) is 8.82. The Morgan fingerprint density at radius 3 is 1.77 bits per heavy atom. The first-order valence-electron chi connectivity index (χ1n) is 12.4. The molecular formula is C29H44N2. The molecule has 0 atom stereocenters. The van der Waals surface area contributed by atoms with Crippen molar-refractivity contribution in [3.63, 3.8) is 0 Å². The number of aliphatic imine (C=N–C) groups is 1. The molecule has 2 aromatic rings. The number of H-pyrrole nitrogens is 1. The number of aromatic nitrogens is 1. The molecule has 0 saturated heterocycles. The molecule has 0 saturated carbocycles. The summed E-state index contributed by atoms with van der Waals surface area (Å²) in [5.74, 6) is 0. The Hall–Kier alpha value is -2.35. The minimum absolute atomic E-state index is 1.01. The highest BCUT2D eigenvalue weighted by molar-refractivity contribution is 6.05. The number of rotatable bonds is 6. The van der Waals surface area contributed by atoms with E-state index in [1.807, 2.05) is 27.7 Å². The van der Waals surface area contributed by atoms with Crippen molar-refractivity contribution in [1.29, 1.82) is 0 Å². The molecule has 0 amide bonds. The zero-order valence-corrected chi connectivity index (χ0v) is 21.7. The van der Waals surface area contributed by atoms with Crippen LogP contribution in [0, 0.1) is 6.92 Å². The lowest BCUT2D eigenvalue weighted by atomic mass is 9.91. The topological polar surface area (TPSA) is 28.1 Å². The predicted octanol–water partition coefficient (Wildman–Crippen LogP) is 8.85. The Labute approximate surface area is 191 Å². The fourth-order valence-electron chi connectivity index (χ4n) is 4.52. The SMILES string of the molecule is CC.CC.CCC1=C(CC)/C(=C(\c2ccccc2)c2[nH]c(C)c(CC)c2CC)N=C1C. The van der Waals surface area contributed by atoms with Gasteiger partial charge in [0.05, 0.1) is 11.4 Å². The van der Waals surface area contributed by atoms with Gasteiger partial charge in [0.1, 0.15) is 0 Å². The highest BCUT2D eigenvalue weighted by Crippen LogP contribution is 2.40. The molecule has 2 heterocycles. The summed E-state index contributed by atoms with van der Waals surface area (Å²) in [6, 6.07) is 10.8. The van der Waals surface area contributed by atoms with E-state index in [-0.39, 0.29) is 0 Å². The molecule has 2 heteroatoms. The summed E-state index contributed by atoms with van der Waals surface area (Å²) in [5, 5.41) is 0. The fourth-order valence-corrected chi connectivity index (χ4v) is 4.52. The van der Waals surface area contributed by atoms with E-state index in [1.165, 1.54) is 50.5 Å². The molecule has 1 aliphatic rings. The molecule has 0 bridgehead atoms. The second-order valence-electron chi connectivity index (χ2n) is 7.24. The van der Waals surface area contributed by atoms with E-state index in [0.29, 0.717) is 0 Å². The zero-order chi connectivity index (χ0) is 23.6. The maximum Gasteiger partial charge on any atom is 0.0767 e. The van der Waals surface area contributed by atoms with Gasteiger partial charge in [-0.25, -0.2) is 0 Å². The Kier molecular flexibility index (Phi) is 11.3. The molecule has 1 N–H and O–H groups in total. The van der Waals surface area contributed by atoms with Crippen LogP contribution in [-0.2, 0) is 12.8 Å². The van der Waals surface area contributed by atoms with Crippen LogP contribution in [0.2, 0.25) is 0 Å². The summed E-state index contributed by atoms with van der Waals surface area (Å²) in [7, 11) is 0. The van der Waals surface area contributed by atoms with Gasteiger partial charge in [0.15, 0.2) is 0 Å². The summed E-state index contributed by atoms with van der Waals surface area (Å²) in [5.41, 5.74) is 13.1. The lowest BCUT2D eigenvalue weighted by molar-refractivity contribution is 1.03. The van der Waals surface area contributed by atoms with E-state index in [1.54, 1.807) is 0 Å². The van der Waals surface area contributed by atoms with Crippen LogP contribution in [0.3, 0.4) is 0 Å². The first-order valence-corrected chi connectivity index (χ1v) is 12.4. The van der Waals surface area contributed by atoms with Crippen molar-refractivity contribution in [1.82, 2.24) is 4.98 Å². The van der Waals surface area contributed by atoms with E-state index in [0.717, 1.165) is 31.4 Å².